The van der Waals surface area contributed by atoms with Crippen LogP contribution in [-0.2, 0) is 14.3 Å². The van der Waals surface area contributed by atoms with E-state index in [0.29, 0.717) is 13.0 Å². The summed E-state index contributed by atoms with van der Waals surface area (Å²) in [7, 11) is 0. The van der Waals surface area contributed by atoms with Gasteiger partial charge >= 0.3 is 5.97 Å². The number of epoxide rings is 1. The monoisotopic (exact) mass is 376 g/mol. The maximum absolute atomic E-state index is 11.4. The molecule has 0 radical (unpaired) electrons. The van der Waals surface area contributed by atoms with Crippen molar-refractivity contribution in [3.8, 4) is 0 Å². The fourth-order valence-corrected chi connectivity index (χ4v) is 2.28. The zero-order chi connectivity index (χ0) is 20.0. The van der Waals surface area contributed by atoms with E-state index < -0.39 is 0 Å². The minimum absolute atomic E-state index is 0.0797. The van der Waals surface area contributed by atoms with Crippen molar-refractivity contribution in [1.29, 1.82) is 0 Å². The summed E-state index contributed by atoms with van der Waals surface area (Å²) in [4.78, 5) is 11.4. The molecule has 0 aliphatic carbocycles. The van der Waals surface area contributed by atoms with Gasteiger partial charge in [-0.2, -0.15) is 0 Å². The van der Waals surface area contributed by atoms with Crippen molar-refractivity contribution in [2.24, 2.45) is 0 Å². The number of hydrogen-bond acceptors (Lipinski definition) is 3. The molecule has 0 amide bonds. The van der Waals surface area contributed by atoms with Crippen LogP contribution in [0.5, 0.6) is 0 Å². The Morgan fingerprint density at radius 2 is 1.56 bits per heavy atom. The average Bonchev–Trinajstić information content (AvgIpc) is 3.48. The summed E-state index contributed by atoms with van der Waals surface area (Å²) in [6, 6.07) is 0. The predicted molar refractivity (Wildman–Crippen MR) is 116 cm³/mol. The first-order chi connectivity index (χ1) is 13.2. The summed E-state index contributed by atoms with van der Waals surface area (Å²) in [5, 5.41) is 0. The number of carbonyl (C=O) groups excluding carboxylic acids is 1. The summed E-state index contributed by atoms with van der Waals surface area (Å²) in [5.41, 5.74) is 0. The molecule has 1 unspecified atom stereocenters. The average molecular weight is 377 g/mol. The van der Waals surface area contributed by atoms with Gasteiger partial charge in [0, 0.05) is 6.42 Å². The molecule has 0 aromatic heterocycles. The lowest BCUT2D eigenvalue weighted by atomic mass is 10.1. The van der Waals surface area contributed by atoms with E-state index in [4.69, 9.17) is 9.47 Å². The summed E-state index contributed by atoms with van der Waals surface area (Å²) in [6.07, 6.45) is 25.9. The maximum Gasteiger partial charge on any atom is 0.305 e. The molecular formula is C24H40O3. The second-order valence-electron chi connectivity index (χ2n) is 6.74. The van der Waals surface area contributed by atoms with Gasteiger partial charge in [0.25, 0.3) is 0 Å². The van der Waals surface area contributed by atoms with E-state index in [1.165, 1.54) is 38.5 Å². The molecule has 27 heavy (non-hydrogen) atoms. The third-order valence-corrected chi connectivity index (χ3v) is 3.91. The first kappa shape index (κ1) is 25.4. The molecule has 0 aromatic rings. The molecule has 0 bridgehead atoms. The molecule has 1 rings (SSSR count). The van der Waals surface area contributed by atoms with E-state index in [1.807, 2.05) is 6.92 Å². The number of allylic oxidation sites excluding steroid dienone is 7. The smallest absolute Gasteiger partial charge is 0.305 e. The Hall–Kier alpha value is -1.61. The fraction of sp³-hybridized carbons (Fsp3) is 0.625. The van der Waals surface area contributed by atoms with Gasteiger partial charge in [-0.15, -0.1) is 6.58 Å². The van der Waals surface area contributed by atoms with Crippen LogP contribution in [0.15, 0.2) is 49.1 Å². The zero-order valence-corrected chi connectivity index (χ0v) is 17.5. The highest BCUT2D eigenvalue weighted by molar-refractivity contribution is 5.69. The van der Waals surface area contributed by atoms with E-state index in [1.54, 1.807) is 6.08 Å². The highest BCUT2D eigenvalue weighted by atomic mass is 16.6. The molecule has 154 valence electrons. The first-order valence-corrected chi connectivity index (χ1v) is 10.6. The highest BCUT2D eigenvalue weighted by Crippen LogP contribution is 2.11. The molecule has 0 N–H and O–H groups in total. The molecule has 1 fully saturated rings. The molecule has 1 saturated heterocycles. The van der Waals surface area contributed by atoms with E-state index >= 15 is 0 Å². The molecule has 3 heteroatoms. The van der Waals surface area contributed by atoms with Gasteiger partial charge in [-0.3, -0.25) is 4.79 Å². The molecular weight excluding hydrogens is 336 g/mol. The standard InChI is InChI=1S/C21H34O3.C3H6/c1-2-3-4-5-6-7-8-9-10-11-12-13-14-15-16-17-21(22)24-19-20-18-23-20;1-3-2/h5-10,20H,2-4,11-19H2,1H3;3H,1H2,2H3. The summed E-state index contributed by atoms with van der Waals surface area (Å²) in [5.74, 6) is -0.0797. The second-order valence-corrected chi connectivity index (χ2v) is 6.74. The van der Waals surface area contributed by atoms with E-state index in [0.717, 1.165) is 25.9 Å². The predicted octanol–water partition coefficient (Wildman–Crippen LogP) is 6.71. The van der Waals surface area contributed by atoms with E-state index in [-0.39, 0.29) is 12.1 Å². The van der Waals surface area contributed by atoms with Crippen LogP contribution < -0.4 is 0 Å². The number of carbonyl (C=O) groups is 1. The Labute approximate surface area is 167 Å². The van der Waals surface area contributed by atoms with Crippen molar-refractivity contribution in [2.45, 2.75) is 84.2 Å². The molecule has 0 saturated carbocycles. The SMILES string of the molecule is C=CC.CCCCC=CC=CC=CCCCCCCCC(=O)OCC1CO1. The second kappa shape index (κ2) is 20.7. The lowest BCUT2D eigenvalue weighted by molar-refractivity contribution is -0.144. The van der Waals surface area contributed by atoms with Gasteiger partial charge in [-0.1, -0.05) is 81.6 Å². The first-order valence-electron chi connectivity index (χ1n) is 10.6. The van der Waals surface area contributed by atoms with Crippen molar-refractivity contribution < 1.29 is 14.3 Å². The highest BCUT2D eigenvalue weighted by Gasteiger charge is 2.23. The van der Waals surface area contributed by atoms with Gasteiger partial charge < -0.3 is 9.47 Å². The van der Waals surface area contributed by atoms with Crippen molar-refractivity contribution in [3.63, 3.8) is 0 Å². The minimum atomic E-state index is -0.0797. The zero-order valence-electron chi connectivity index (χ0n) is 17.5. The lowest BCUT2D eigenvalue weighted by Gasteiger charge is -2.02. The van der Waals surface area contributed by atoms with Crippen LogP contribution in [0.3, 0.4) is 0 Å². The van der Waals surface area contributed by atoms with Crippen LogP contribution in [-0.4, -0.2) is 25.3 Å². The Bertz CT molecular complexity index is 431. The molecule has 1 heterocycles. The quantitative estimate of drug-likeness (QED) is 0.105. The molecule has 1 aliphatic rings. The largest absolute Gasteiger partial charge is 0.463 e. The van der Waals surface area contributed by atoms with Crippen LogP contribution in [0.2, 0.25) is 0 Å². The van der Waals surface area contributed by atoms with Gasteiger partial charge in [0.05, 0.1) is 6.61 Å². The molecule has 1 aliphatic heterocycles. The normalized spacial score (nSPS) is 15.9. The number of esters is 1. The van der Waals surface area contributed by atoms with E-state index in [9.17, 15) is 4.79 Å². The fourth-order valence-electron chi connectivity index (χ4n) is 2.28. The molecule has 1 atom stereocenters. The summed E-state index contributed by atoms with van der Waals surface area (Å²) in [6.45, 7) is 8.65. The Balaban J connectivity index is 0.00000210. The molecule has 0 spiro atoms. The molecule has 0 aromatic carbocycles. The maximum atomic E-state index is 11.4. The van der Waals surface area contributed by atoms with Crippen molar-refractivity contribution in [3.05, 3.63) is 49.1 Å². The van der Waals surface area contributed by atoms with Gasteiger partial charge in [0.15, 0.2) is 0 Å². The van der Waals surface area contributed by atoms with Gasteiger partial charge in [0.1, 0.15) is 12.7 Å². The van der Waals surface area contributed by atoms with Crippen LogP contribution in [0.1, 0.15) is 78.1 Å². The summed E-state index contributed by atoms with van der Waals surface area (Å²) < 4.78 is 10.1. The van der Waals surface area contributed by atoms with Crippen LogP contribution in [0.4, 0.5) is 0 Å². The van der Waals surface area contributed by atoms with Crippen LogP contribution in [0.25, 0.3) is 0 Å². The summed E-state index contributed by atoms with van der Waals surface area (Å²) >= 11 is 0. The Morgan fingerprint density at radius 3 is 2.15 bits per heavy atom. The van der Waals surface area contributed by atoms with Crippen LogP contribution in [0, 0.1) is 0 Å². The lowest BCUT2D eigenvalue weighted by Crippen LogP contribution is -2.09. The topological polar surface area (TPSA) is 38.8 Å². The van der Waals surface area contributed by atoms with Gasteiger partial charge in [0.2, 0.25) is 0 Å². The van der Waals surface area contributed by atoms with Crippen molar-refractivity contribution >= 4 is 5.97 Å². The van der Waals surface area contributed by atoms with Gasteiger partial charge in [-0.25, -0.2) is 0 Å². The molecule has 3 nitrogen and oxygen atoms in total. The van der Waals surface area contributed by atoms with Crippen molar-refractivity contribution in [1.82, 2.24) is 0 Å². The minimum Gasteiger partial charge on any atom is -0.463 e. The van der Waals surface area contributed by atoms with Crippen LogP contribution >= 0.6 is 0 Å². The Morgan fingerprint density at radius 1 is 1.00 bits per heavy atom. The van der Waals surface area contributed by atoms with Gasteiger partial charge in [-0.05, 0) is 32.6 Å². The number of ether oxygens (including phenoxy) is 2. The Kier molecular flexibility index (Phi) is 19.5. The van der Waals surface area contributed by atoms with Crippen molar-refractivity contribution in [2.75, 3.05) is 13.2 Å². The third-order valence-electron chi connectivity index (χ3n) is 3.91. The van der Waals surface area contributed by atoms with E-state index in [2.05, 4.69) is 50.0 Å². The number of hydrogen-bond donors (Lipinski definition) is 0. The number of unbranched alkanes of at least 4 members (excludes halogenated alkanes) is 7. The number of rotatable bonds is 15. The third kappa shape index (κ3) is 22.3.